The standard InChI is InChI=1S/C17H15N3O3S/c1-2-15(21)23-12-8-9-13-14(10-12)24-17(19-13)20-16(22)18-11-6-4-3-5-7-11/h3-10H,2H2,1H3,(H2,18,19,20,22). The number of rotatable bonds is 4. The van der Waals surface area contributed by atoms with Crippen molar-refractivity contribution in [3.8, 4) is 5.75 Å². The van der Waals surface area contributed by atoms with Gasteiger partial charge in [-0.25, -0.2) is 9.78 Å². The van der Waals surface area contributed by atoms with Gasteiger partial charge < -0.3 is 10.1 Å². The van der Waals surface area contributed by atoms with Crippen LogP contribution < -0.4 is 15.4 Å². The number of hydrogen-bond acceptors (Lipinski definition) is 5. The number of amides is 2. The topological polar surface area (TPSA) is 80.3 Å². The van der Waals surface area contributed by atoms with Crippen LogP contribution in [0, 0.1) is 0 Å². The van der Waals surface area contributed by atoms with Crippen molar-refractivity contribution in [2.45, 2.75) is 13.3 Å². The van der Waals surface area contributed by atoms with Gasteiger partial charge in [0.05, 0.1) is 10.2 Å². The highest BCUT2D eigenvalue weighted by atomic mass is 32.1. The fraction of sp³-hybridized carbons (Fsp3) is 0.118. The lowest BCUT2D eigenvalue weighted by molar-refractivity contribution is -0.134. The highest BCUT2D eigenvalue weighted by Crippen LogP contribution is 2.29. The summed E-state index contributed by atoms with van der Waals surface area (Å²) >= 11 is 1.31. The number of nitrogens with zero attached hydrogens (tertiary/aromatic N) is 1. The molecule has 7 heteroatoms. The van der Waals surface area contributed by atoms with Crippen LogP contribution in [0.4, 0.5) is 15.6 Å². The molecule has 0 aliphatic carbocycles. The Labute approximate surface area is 142 Å². The summed E-state index contributed by atoms with van der Waals surface area (Å²) in [6, 6.07) is 14.0. The first-order valence-corrected chi connectivity index (χ1v) is 8.20. The monoisotopic (exact) mass is 341 g/mol. The maximum absolute atomic E-state index is 12.0. The maximum atomic E-state index is 12.0. The molecule has 0 spiro atoms. The van der Waals surface area contributed by atoms with Gasteiger partial charge in [0.1, 0.15) is 5.75 Å². The van der Waals surface area contributed by atoms with E-state index in [1.54, 1.807) is 37.3 Å². The van der Waals surface area contributed by atoms with E-state index in [9.17, 15) is 9.59 Å². The lowest BCUT2D eigenvalue weighted by Gasteiger charge is -2.04. The zero-order valence-corrected chi connectivity index (χ0v) is 13.7. The number of urea groups is 1. The number of fused-ring (bicyclic) bond motifs is 1. The minimum atomic E-state index is -0.363. The molecule has 6 nitrogen and oxygen atoms in total. The molecule has 0 aliphatic rings. The molecule has 2 amide bonds. The molecule has 24 heavy (non-hydrogen) atoms. The first-order chi connectivity index (χ1) is 11.6. The van der Waals surface area contributed by atoms with Crippen molar-refractivity contribution in [3.63, 3.8) is 0 Å². The molecule has 2 N–H and O–H groups in total. The van der Waals surface area contributed by atoms with E-state index < -0.39 is 0 Å². The quantitative estimate of drug-likeness (QED) is 0.549. The van der Waals surface area contributed by atoms with E-state index in [2.05, 4.69) is 15.6 Å². The van der Waals surface area contributed by atoms with E-state index in [-0.39, 0.29) is 12.0 Å². The Bertz CT molecular complexity index is 877. The van der Waals surface area contributed by atoms with Gasteiger partial charge in [-0.3, -0.25) is 10.1 Å². The molecule has 1 heterocycles. The van der Waals surface area contributed by atoms with Crippen molar-refractivity contribution in [1.29, 1.82) is 0 Å². The van der Waals surface area contributed by atoms with Crippen molar-refractivity contribution in [2.75, 3.05) is 10.6 Å². The van der Waals surface area contributed by atoms with Crippen molar-refractivity contribution in [2.24, 2.45) is 0 Å². The highest BCUT2D eigenvalue weighted by molar-refractivity contribution is 7.22. The van der Waals surface area contributed by atoms with Crippen LogP contribution in [-0.4, -0.2) is 17.0 Å². The molecule has 0 aliphatic heterocycles. The highest BCUT2D eigenvalue weighted by Gasteiger charge is 2.10. The van der Waals surface area contributed by atoms with E-state index in [1.807, 2.05) is 18.2 Å². The summed E-state index contributed by atoms with van der Waals surface area (Å²) in [6.45, 7) is 1.74. The zero-order valence-electron chi connectivity index (χ0n) is 12.9. The third kappa shape index (κ3) is 3.88. The normalized spacial score (nSPS) is 10.4. The summed E-state index contributed by atoms with van der Waals surface area (Å²) in [6.07, 6.45) is 0.313. The Kier molecular flexibility index (Phi) is 4.72. The Morgan fingerprint density at radius 3 is 2.67 bits per heavy atom. The van der Waals surface area contributed by atoms with Gasteiger partial charge in [0.25, 0.3) is 0 Å². The summed E-state index contributed by atoms with van der Waals surface area (Å²) < 4.78 is 6.01. The van der Waals surface area contributed by atoms with Crippen molar-refractivity contribution >= 4 is 44.4 Å². The van der Waals surface area contributed by atoms with Crippen molar-refractivity contribution in [3.05, 3.63) is 48.5 Å². The SMILES string of the molecule is CCC(=O)Oc1ccc2nc(NC(=O)Nc3ccccc3)sc2c1. The van der Waals surface area contributed by atoms with Crippen LogP contribution in [0.2, 0.25) is 0 Å². The number of carbonyl (C=O) groups excluding carboxylic acids is 2. The van der Waals surface area contributed by atoms with Gasteiger partial charge >= 0.3 is 12.0 Å². The van der Waals surface area contributed by atoms with Crippen LogP contribution in [0.1, 0.15) is 13.3 Å². The maximum Gasteiger partial charge on any atom is 0.325 e. The average molecular weight is 341 g/mol. The summed E-state index contributed by atoms with van der Waals surface area (Å²) in [5.74, 6) is 0.178. The van der Waals surface area contributed by atoms with E-state index in [1.165, 1.54) is 11.3 Å². The number of esters is 1. The predicted octanol–water partition coefficient (Wildman–Crippen LogP) is 4.26. The predicted molar refractivity (Wildman–Crippen MR) is 94.6 cm³/mol. The lowest BCUT2D eigenvalue weighted by atomic mass is 10.3. The number of benzene rings is 2. The Morgan fingerprint density at radius 1 is 1.12 bits per heavy atom. The molecule has 0 atom stereocenters. The molecule has 1 aromatic heterocycles. The number of carbonyl (C=O) groups is 2. The Balaban J connectivity index is 1.71. The number of para-hydroxylation sites is 1. The number of thiazole rings is 1. The van der Waals surface area contributed by atoms with E-state index in [0.717, 1.165) is 10.2 Å². The number of aromatic nitrogens is 1. The molecule has 0 bridgehead atoms. The largest absolute Gasteiger partial charge is 0.426 e. The molecule has 3 rings (SSSR count). The smallest absolute Gasteiger partial charge is 0.325 e. The fourth-order valence-corrected chi connectivity index (χ4v) is 2.90. The Hall–Kier alpha value is -2.93. The van der Waals surface area contributed by atoms with Crippen LogP contribution >= 0.6 is 11.3 Å². The molecule has 122 valence electrons. The van der Waals surface area contributed by atoms with Crippen molar-refractivity contribution < 1.29 is 14.3 Å². The number of ether oxygens (including phenoxy) is 1. The number of nitrogens with one attached hydrogen (secondary N) is 2. The lowest BCUT2D eigenvalue weighted by Crippen LogP contribution is -2.19. The second-order valence-corrected chi connectivity index (χ2v) is 5.95. The van der Waals surface area contributed by atoms with Gasteiger partial charge in [0.15, 0.2) is 5.13 Å². The summed E-state index contributed by atoms with van der Waals surface area (Å²) in [7, 11) is 0. The molecule has 0 saturated carbocycles. The van der Waals surface area contributed by atoms with Crippen LogP contribution in [0.5, 0.6) is 5.75 Å². The molecule has 0 saturated heterocycles. The first kappa shape index (κ1) is 15.9. The molecule has 3 aromatic rings. The van der Waals surface area contributed by atoms with Crippen LogP contribution in [0.15, 0.2) is 48.5 Å². The second kappa shape index (κ2) is 7.10. The van der Waals surface area contributed by atoms with E-state index in [0.29, 0.717) is 23.0 Å². The van der Waals surface area contributed by atoms with Gasteiger partial charge in [0.2, 0.25) is 0 Å². The first-order valence-electron chi connectivity index (χ1n) is 7.38. The van der Waals surface area contributed by atoms with E-state index in [4.69, 9.17) is 4.74 Å². The second-order valence-electron chi connectivity index (χ2n) is 4.92. The number of hydrogen-bond donors (Lipinski definition) is 2. The number of anilines is 2. The van der Waals surface area contributed by atoms with Crippen LogP contribution in [-0.2, 0) is 4.79 Å². The van der Waals surface area contributed by atoms with Crippen molar-refractivity contribution in [1.82, 2.24) is 4.98 Å². The minimum Gasteiger partial charge on any atom is -0.426 e. The van der Waals surface area contributed by atoms with Crippen LogP contribution in [0.25, 0.3) is 10.2 Å². The summed E-state index contributed by atoms with van der Waals surface area (Å²) in [4.78, 5) is 27.7. The molecule has 0 unspecified atom stereocenters. The molecular weight excluding hydrogens is 326 g/mol. The van der Waals surface area contributed by atoms with Gasteiger partial charge in [0, 0.05) is 18.2 Å². The summed E-state index contributed by atoms with van der Waals surface area (Å²) in [5, 5.41) is 5.90. The fourth-order valence-electron chi connectivity index (χ4n) is 2.01. The molecule has 0 fully saturated rings. The van der Waals surface area contributed by atoms with Crippen LogP contribution in [0.3, 0.4) is 0 Å². The summed E-state index contributed by atoms with van der Waals surface area (Å²) in [5.41, 5.74) is 1.43. The Morgan fingerprint density at radius 2 is 1.92 bits per heavy atom. The van der Waals surface area contributed by atoms with Gasteiger partial charge in [-0.2, -0.15) is 0 Å². The molecule has 0 radical (unpaired) electrons. The zero-order chi connectivity index (χ0) is 16.9. The van der Waals surface area contributed by atoms with Gasteiger partial charge in [-0.05, 0) is 24.3 Å². The third-order valence-corrected chi connectivity index (χ3v) is 4.07. The molecule has 2 aromatic carbocycles. The minimum absolute atomic E-state index is 0.292. The van der Waals surface area contributed by atoms with Gasteiger partial charge in [-0.15, -0.1) is 0 Å². The van der Waals surface area contributed by atoms with E-state index >= 15 is 0 Å². The van der Waals surface area contributed by atoms with Gasteiger partial charge in [-0.1, -0.05) is 36.5 Å². The molecular formula is C17H15N3O3S. The third-order valence-electron chi connectivity index (χ3n) is 3.13. The average Bonchev–Trinajstić information content (AvgIpc) is 2.96.